The molecule has 11 aromatic rings. The van der Waals surface area contributed by atoms with Crippen molar-refractivity contribution in [2.24, 2.45) is 0 Å². The summed E-state index contributed by atoms with van der Waals surface area (Å²) in [5.74, 6) is 1.91. The summed E-state index contributed by atoms with van der Waals surface area (Å²) in [6.07, 6.45) is 0. The van der Waals surface area contributed by atoms with Crippen molar-refractivity contribution in [3.63, 3.8) is 0 Å². The van der Waals surface area contributed by atoms with Gasteiger partial charge in [0.05, 0.1) is 0 Å². The largest absolute Gasteiger partial charge is 0.455 e. The molecule has 0 fully saturated rings. The summed E-state index contributed by atoms with van der Waals surface area (Å²) in [7, 11) is 0. The second-order valence-electron chi connectivity index (χ2n) is 13.5. The third-order valence-corrected chi connectivity index (χ3v) is 11.5. The minimum Gasteiger partial charge on any atom is -0.455 e. The van der Waals surface area contributed by atoms with Gasteiger partial charge >= 0.3 is 0 Å². The molecule has 0 unspecified atom stereocenters. The Labute approximate surface area is 314 Å². The lowest BCUT2D eigenvalue weighted by Crippen LogP contribution is -2.00. The van der Waals surface area contributed by atoms with E-state index in [-0.39, 0.29) is 0 Å². The van der Waals surface area contributed by atoms with Crippen molar-refractivity contribution in [2.75, 3.05) is 0 Å². The molecule has 0 saturated carbocycles. The van der Waals surface area contributed by atoms with Crippen molar-refractivity contribution >= 4 is 64.2 Å². The summed E-state index contributed by atoms with van der Waals surface area (Å²) < 4.78 is 9.32. The molecule has 5 heteroatoms. The van der Waals surface area contributed by atoms with E-state index >= 15 is 0 Å². The number of furan rings is 1. The average molecular weight is 708 g/mol. The van der Waals surface area contributed by atoms with Gasteiger partial charge in [0.25, 0.3) is 0 Å². The van der Waals surface area contributed by atoms with E-state index in [2.05, 4.69) is 158 Å². The van der Waals surface area contributed by atoms with E-state index in [0.29, 0.717) is 17.5 Å². The van der Waals surface area contributed by atoms with Crippen LogP contribution in [0.5, 0.6) is 0 Å². The Morgan fingerprint density at radius 1 is 0.333 bits per heavy atom. The topological polar surface area (TPSA) is 51.8 Å². The molecule has 0 spiro atoms. The number of rotatable bonds is 5. The third-order valence-electron chi connectivity index (χ3n) is 10.3. The Morgan fingerprint density at radius 3 is 1.72 bits per heavy atom. The van der Waals surface area contributed by atoms with Gasteiger partial charge in [-0.3, -0.25) is 0 Å². The molecule has 0 aliphatic carbocycles. The fourth-order valence-electron chi connectivity index (χ4n) is 7.83. The summed E-state index contributed by atoms with van der Waals surface area (Å²) >= 11 is 1.79. The molecule has 0 N–H and O–H groups in total. The first-order valence-corrected chi connectivity index (χ1v) is 18.8. The van der Waals surface area contributed by atoms with Gasteiger partial charge in [-0.2, -0.15) is 0 Å². The lowest BCUT2D eigenvalue weighted by molar-refractivity contribution is 0.674. The predicted octanol–water partition coefficient (Wildman–Crippen LogP) is 13.6. The molecular weight excluding hydrogens is 679 g/mol. The number of aromatic nitrogens is 3. The van der Waals surface area contributed by atoms with Crippen molar-refractivity contribution < 1.29 is 4.42 Å². The number of benzene rings is 8. The van der Waals surface area contributed by atoms with Gasteiger partial charge in [0, 0.05) is 58.6 Å². The molecule has 0 bridgehead atoms. The summed E-state index contributed by atoms with van der Waals surface area (Å²) in [5.41, 5.74) is 9.02. The monoisotopic (exact) mass is 707 g/mol. The maximum Gasteiger partial charge on any atom is 0.164 e. The van der Waals surface area contributed by atoms with Gasteiger partial charge in [-0.15, -0.1) is 11.3 Å². The van der Waals surface area contributed by atoms with Crippen LogP contribution in [0, 0.1) is 0 Å². The zero-order valence-electron chi connectivity index (χ0n) is 28.9. The minimum atomic E-state index is 0.618. The first kappa shape index (κ1) is 30.7. The number of thiophene rings is 1. The normalized spacial score (nSPS) is 11.7. The lowest BCUT2D eigenvalue weighted by Gasteiger charge is -2.10. The first-order chi connectivity index (χ1) is 26.8. The van der Waals surface area contributed by atoms with Gasteiger partial charge in [0.15, 0.2) is 17.5 Å². The van der Waals surface area contributed by atoms with Crippen molar-refractivity contribution in [3.05, 3.63) is 176 Å². The van der Waals surface area contributed by atoms with Crippen LogP contribution in [-0.2, 0) is 0 Å². The number of fused-ring (bicyclic) bond motifs is 8. The van der Waals surface area contributed by atoms with E-state index in [9.17, 15) is 0 Å². The Morgan fingerprint density at radius 2 is 0.889 bits per heavy atom. The van der Waals surface area contributed by atoms with E-state index in [4.69, 9.17) is 19.4 Å². The smallest absolute Gasteiger partial charge is 0.164 e. The van der Waals surface area contributed by atoms with Crippen LogP contribution in [0.25, 0.3) is 109 Å². The van der Waals surface area contributed by atoms with E-state index in [1.807, 2.05) is 18.2 Å². The molecular formula is C49H29N3OS. The number of hydrogen-bond donors (Lipinski definition) is 0. The van der Waals surface area contributed by atoms with Crippen LogP contribution in [0.3, 0.4) is 0 Å². The maximum absolute atomic E-state index is 6.87. The average Bonchev–Trinajstić information content (AvgIpc) is 3.83. The van der Waals surface area contributed by atoms with Gasteiger partial charge in [-0.05, 0) is 46.3 Å². The van der Waals surface area contributed by atoms with Crippen molar-refractivity contribution in [3.8, 4) is 56.4 Å². The molecule has 4 nitrogen and oxygen atoms in total. The van der Waals surface area contributed by atoms with Gasteiger partial charge < -0.3 is 4.42 Å². The summed E-state index contributed by atoms with van der Waals surface area (Å²) in [6, 6.07) is 61.4. The molecule has 0 aliphatic heterocycles. The van der Waals surface area contributed by atoms with Gasteiger partial charge in [-0.25, -0.2) is 15.0 Å². The van der Waals surface area contributed by atoms with E-state index < -0.39 is 0 Å². The summed E-state index contributed by atoms with van der Waals surface area (Å²) in [4.78, 5) is 15.4. The van der Waals surface area contributed by atoms with Crippen molar-refractivity contribution in [2.45, 2.75) is 0 Å². The summed E-state index contributed by atoms with van der Waals surface area (Å²) in [5, 5.41) is 6.84. The maximum atomic E-state index is 6.87. The first-order valence-electron chi connectivity index (χ1n) is 18.0. The predicted molar refractivity (Wildman–Crippen MR) is 225 cm³/mol. The van der Waals surface area contributed by atoms with E-state index in [1.54, 1.807) is 11.3 Å². The highest BCUT2D eigenvalue weighted by atomic mass is 32.1. The highest BCUT2D eigenvalue weighted by Gasteiger charge is 2.20. The van der Waals surface area contributed by atoms with Crippen LogP contribution in [0.4, 0.5) is 0 Å². The highest BCUT2D eigenvalue weighted by Crippen LogP contribution is 2.43. The van der Waals surface area contributed by atoms with Crippen molar-refractivity contribution in [1.82, 2.24) is 15.0 Å². The van der Waals surface area contributed by atoms with Gasteiger partial charge in [-0.1, -0.05) is 152 Å². The Hall–Kier alpha value is -6.95. The van der Waals surface area contributed by atoms with Crippen molar-refractivity contribution in [1.29, 1.82) is 0 Å². The van der Waals surface area contributed by atoms with Crippen LogP contribution in [-0.4, -0.2) is 15.0 Å². The van der Waals surface area contributed by atoms with Crippen LogP contribution in [0.1, 0.15) is 0 Å². The van der Waals surface area contributed by atoms with Crippen LogP contribution >= 0.6 is 11.3 Å². The summed E-state index contributed by atoms with van der Waals surface area (Å²) in [6.45, 7) is 0. The molecule has 252 valence electrons. The Balaban J connectivity index is 1.10. The molecule has 8 aromatic carbocycles. The number of nitrogens with zero attached hydrogens (tertiary/aromatic N) is 3. The van der Waals surface area contributed by atoms with Crippen LogP contribution in [0.15, 0.2) is 180 Å². The molecule has 3 heterocycles. The number of hydrogen-bond acceptors (Lipinski definition) is 5. The zero-order valence-corrected chi connectivity index (χ0v) is 29.7. The van der Waals surface area contributed by atoms with Crippen LogP contribution < -0.4 is 0 Å². The minimum absolute atomic E-state index is 0.618. The molecule has 3 aromatic heterocycles. The quantitative estimate of drug-likeness (QED) is 0.179. The molecule has 11 rings (SSSR count). The fraction of sp³-hybridized carbons (Fsp3) is 0. The van der Waals surface area contributed by atoms with Gasteiger partial charge in [0.1, 0.15) is 11.2 Å². The second-order valence-corrected chi connectivity index (χ2v) is 14.6. The Kier molecular flexibility index (Phi) is 7.00. The zero-order chi connectivity index (χ0) is 35.6. The van der Waals surface area contributed by atoms with E-state index in [1.165, 1.54) is 36.7 Å². The molecule has 54 heavy (non-hydrogen) atoms. The third kappa shape index (κ3) is 4.94. The molecule has 0 saturated heterocycles. The molecule has 0 atom stereocenters. The van der Waals surface area contributed by atoms with Crippen LogP contribution in [0.2, 0.25) is 0 Å². The standard InChI is InChI=1S/C49H29N3OS/c1-3-14-30(15-4-1)40-29-41-37-24-12-23-34(45(37)53-46(41)36-21-8-7-20-35(36)40)32-18-11-19-33(28-32)48-50-47(31-16-5-2-6-17-31)51-49(52-48)39-25-13-27-43-44(39)38-22-9-10-26-42(38)54-43/h1-29H. The lowest BCUT2D eigenvalue weighted by atomic mass is 9.95. The second kappa shape index (κ2) is 12.3. The van der Waals surface area contributed by atoms with E-state index in [0.717, 1.165) is 55.1 Å². The van der Waals surface area contributed by atoms with Gasteiger partial charge in [0.2, 0.25) is 0 Å². The SMILES string of the molecule is c1ccc(-c2nc(-c3cccc(-c4cccc5c4oc4c6ccccc6c(-c6ccccc6)cc54)c3)nc(-c3cccc4sc5ccccc5c34)n2)cc1. The fourth-order valence-corrected chi connectivity index (χ4v) is 8.96. The number of para-hydroxylation sites is 1. The molecule has 0 radical (unpaired) electrons. The highest BCUT2D eigenvalue weighted by molar-refractivity contribution is 7.25. The molecule has 0 amide bonds. The Bertz CT molecular complexity index is 3220. The molecule has 0 aliphatic rings.